The van der Waals surface area contributed by atoms with Crippen molar-refractivity contribution in [3.63, 3.8) is 0 Å². The summed E-state index contributed by atoms with van der Waals surface area (Å²) < 4.78 is 33.4. The number of nitrogens with zero attached hydrogens (tertiary/aromatic N) is 1. The van der Waals surface area contributed by atoms with Crippen molar-refractivity contribution in [1.82, 2.24) is 9.62 Å². The van der Waals surface area contributed by atoms with E-state index < -0.39 is 27.3 Å². The molecule has 0 radical (unpaired) electrons. The lowest BCUT2D eigenvalue weighted by Gasteiger charge is -2.40. The highest BCUT2D eigenvalue weighted by Crippen LogP contribution is 2.29. The summed E-state index contributed by atoms with van der Waals surface area (Å²) in [6, 6.07) is 2.94. The van der Waals surface area contributed by atoms with Crippen molar-refractivity contribution < 1.29 is 23.1 Å². The number of piperidine rings is 1. The number of rotatable bonds is 4. The minimum Gasteiger partial charge on any atom is -0.444 e. The molecular weight excluding hydrogens is 388 g/mol. The molecule has 1 amide bonds. The molecule has 2 N–H and O–H groups in total. The molecule has 0 aromatic carbocycles. The van der Waals surface area contributed by atoms with E-state index in [1.165, 1.54) is 17.0 Å². The lowest BCUT2D eigenvalue weighted by molar-refractivity contribution is 0.0118. The summed E-state index contributed by atoms with van der Waals surface area (Å²) in [6.07, 6.45) is 0.147. The second-order valence-corrected chi connectivity index (χ2v) is 10.7. The molecule has 0 bridgehead atoms. The van der Waals surface area contributed by atoms with E-state index in [-0.39, 0.29) is 10.8 Å². The number of aliphatic hydroxyl groups is 1. The van der Waals surface area contributed by atoms with Crippen molar-refractivity contribution in [2.24, 2.45) is 0 Å². The third kappa shape index (κ3) is 5.30. The number of amides is 1. The molecule has 10 heteroatoms. The van der Waals surface area contributed by atoms with Gasteiger partial charge in [-0.05, 0) is 45.7 Å². The van der Waals surface area contributed by atoms with Crippen LogP contribution < -0.4 is 4.72 Å². The Morgan fingerprint density at radius 1 is 1.40 bits per heavy atom. The average Bonchev–Trinajstić information content (AvgIpc) is 2.93. The molecule has 2 heterocycles. The second kappa shape index (κ2) is 7.40. The number of aliphatic hydroxyl groups excluding tert-OH is 1. The number of sulfonamides is 1. The van der Waals surface area contributed by atoms with Gasteiger partial charge in [-0.15, -0.1) is 11.3 Å². The fraction of sp³-hybridized carbons (Fsp3) is 0.667. The van der Waals surface area contributed by atoms with E-state index in [0.29, 0.717) is 30.3 Å². The highest BCUT2D eigenvalue weighted by atomic mass is 35.5. The van der Waals surface area contributed by atoms with Crippen LogP contribution in [0.25, 0.3) is 0 Å². The first-order valence-electron chi connectivity index (χ1n) is 7.84. The molecule has 1 saturated heterocycles. The van der Waals surface area contributed by atoms with Crippen molar-refractivity contribution in [1.29, 1.82) is 0 Å². The molecule has 0 spiro atoms. The zero-order valence-electron chi connectivity index (χ0n) is 14.4. The summed E-state index contributed by atoms with van der Waals surface area (Å²) in [6.45, 7) is 5.59. The van der Waals surface area contributed by atoms with Gasteiger partial charge >= 0.3 is 6.09 Å². The number of halogens is 1. The summed E-state index contributed by atoms with van der Waals surface area (Å²) in [5.74, 6) is 0. The Hall–Kier alpha value is -0.870. The fourth-order valence-electron chi connectivity index (χ4n) is 2.51. The smallest absolute Gasteiger partial charge is 0.410 e. The molecule has 1 aliphatic rings. The van der Waals surface area contributed by atoms with E-state index in [4.69, 9.17) is 16.3 Å². The predicted molar refractivity (Wildman–Crippen MR) is 96.5 cm³/mol. The highest BCUT2D eigenvalue weighted by Gasteiger charge is 2.40. The van der Waals surface area contributed by atoms with Gasteiger partial charge in [-0.1, -0.05) is 11.6 Å². The van der Waals surface area contributed by atoms with Crippen LogP contribution in [0.4, 0.5) is 4.79 Å². The van der Waals surface area contributed by atoms with Gasteiger partial charge in [0.05, 0.1) is 16.5 Å². The first-order valence-corrected chi connectivity index (χ1v) is 10.5. The molecule has 25 heavy (non-hydrogen) atoms. The van der Waals surface area contributed by atoms with Crippen molar-refractivity contribution in [2.75, 3.05) is 19.7 Å². The normalized spacial score (nSPS) is 18.2. The highest BCUT2D eigenvalue weighted by molar-refractivity contribution is 7.91. The van der Waals surface area contributed by atoms with Gasteiger partial charge in [-0.2, -0.15) is 0 Å². The Morgan fingerprint density at radius 3 is 2.44 bits per heavy atom. The van der Waals surface area contributed by atoms with E-state index in [1.54, 1.807) is 20.8 Å². The molecule has 1 aromatic heterocycles. The van der Waals surface area contributed by atoms with E-state index in [2.05, 4.69) is 4.72 Å². The molecule has 0 unspecified atom stereocenters. The van der Waals surface area contributed by atoms with Gasteiger partial charge in [0.15, 0.2) is 0 Å². The third-order valence-electron chi connectivity index (χ3n) is 3.84. The van der Waals surface area contributed by atoms with Gasteiger partial charge in [0.1, 0.15) is 9.81 Å². The average molecular weight is 411 g/mol. The zero-order valence-corrected chi connectivity index (χ0v) is 16.8. The van der Waals surface area contributed by atoms with Crippen molar-refractivity contribution in [2.45, 2.75) is 49.0 Å². The number of likely N-dealkylation sites (tertiary alicyclic amines) is 1. The molecule has 142 valence electrons. The van der Waals surface area contributed by atoms with Crippen LogP contribution in [0.3, 0.4) is 0 Å². The summed E-state index contributed by atoms with van der Waals surface area (Å²) in [7, 11) is -3.79. The number of ether oxygens (including phenoxy) is 1. The lowest BCUT2D eigenvalue weighted by atomic mass is 9.90. The van der Waals surface area contributed by atoms with Crippen LogP contribution in [0.5, 0.6) is 0 Å². The zero-order chi connectivity index (χ0) is 18.9. The molecule has 0 atom stereocenters. The molecule has 0 aliphatic carbocycles. The van der Waals surface area contributed by atoms with Crippen LogP contribution in [0.15, 0.2) is 16.3 Å². The summed E-state index contributed by atoms with van der Waals surface area (Å²) >= 11 is 6.76. The van der Waals surface area contributed by atoms with E-state index in [9.17, 15) is 18.3 Å². The lowest BCUT2D eigenvalue weighted by Crippen LogP contribution is -2.58. The van der Waals surface area contributed by atoms with E-state index in [1.807, 2.05) is 0 Å². The Kier molecular flexibility index (Phi) is 6.05. The number of carbonyl (C=O) groups is 1. The maximum absolute atomic E-state index is 12.5. The molecule has 1 fully saturated rings. The van der Waals surface area contributed by atoms with Crippen LogP contribution in [-0.2, 0) is 14.8 Å². The number of thiophene rings is 1. The van der Waals surface area contributed by atoms with E-state index >= 15 is 0 Å². The van der Waals surface area contributed by atoms with Gasteiger partial charge < -0.3 is 14.7 Å². The molecular formula is C15H23ClN2O5S2. The molecule has 2 rings (SSSR count). The molecule has 1 aromatic rings. The summed E-state index contributed by atoms with van der Waals surface area (Å²) in [4.78, 5) is 13.6. The van der Waals surface area contributed by atoms with Gasteiger partial charge in [0.25, 0.3) is 10.0 Å². The van der Waals surface area contributed by atoms with Crippen molar-refractivity contribution >= 4 is 39.1 Å². The van der Waals surface area contributed by atoms with Crippen molar-refractivity contribution in [3.8, 4) is 0 Å². The van der Waals surface area contributed by atoms with Gasteiger partial charge in [0.2, 0.25) is 0 Å². The number of nitrogens with one attached hydrogen (secondary N) is 1. The fourth-order valence-corrected chi connectivity index (χ4v) is 5.45. The van der Waals surface area contributed by atoms with Gasteiger partial charge in [-0.25, -0.2) is 17.9 Å². The third-order valence-corrected chi connectivity index (χ3v) is 7.14. The van der Waals surface area contributed by atoms with Crippen LogP contribution in [0.1, 0.15) is 33.6 Å². The Morgan fingerprint density at radius 2 is 2.00 bits per heavy atom. The van der Waals surface area contributed by atoms with Crippen LogP contribution in [-0.4, -0.2) is 55.4 Å². The van der Waals surface area contributed by atoms with Crippen molar-refractivity contribution in [3.05, 3.63) is 16.5 Å². The van der Waals surface area contributed by atoms with Crippen LogP contribution >= 0.6 is 22.9 Å². The van der Waals surface area contributed by atoms with Crippen LogP contribution in [0, 0.1) is 0 Å². The first-order chi connectivity index (χ1) is 11.5. The largest absolute Gasteiger partial charge is 0.444 e. The topological polar surface area (TPSA) is 95.9 Å². The number of hydrogen-bond acceptors (Lipinski definition) is 6. The van der Waals surface area contributed by atoms with Gasteiger partial charge in [-0.3, -0.25) is 0 Å². The molecule has 0 saturated carbocycles. The molecule has 1 aliphatic heterocycles. The first kappa shape index (κ1) is 20.4. The summed E-state index contributed by atoms with van der Waals surface area (Å²) in [5.41, 5.74) is -1.60. The second-order valence-electron chi connectivity index (χ2n) is 7.07. The minimum atomic E-state index is -3.79. The number of carbonyl (C=O) groups excluding carboxylic acids is 1. The minimum absolute atomic E-state index is 0.0971. The monoisotopic (exact) mass is 410 g/mol. The quantitative estimate of drug-likeness (QED) is 0.794. The maximum atomic E-state index is 12.5. The predicted octanol–water partition coefficient (Wildman–Crippen LogP) is 2.44. The standard InChI is InChI=1S/C15H23ClN2O5S2/c1-14(2,3)23-13(20)18-8-6-15(10-19,7-9-18)17-25(21,22)12-5-4-11(16)24-12/h4-5,17,19H,6-10H2,1-3H3. The Balaban J connectivity index is 2.05. The SMILES string of the molecule is CC(C)(C)OC(=O)N1CCC(CO)(NS(=O)(=O)c2ccc(Cl)s2)CC1. The van der Waals surface area contributed by atoms with Gasteiger partial charge in [0, 0.05) is 13.1 Å². The Labute approximate surface area is 157 Å². The Bertz CT molecular complexity index is 719. The van der Waals surface area contributed by atoms with Crippen LogP contribution in [0.2, 0.25) is 4.34 Å². The number of hydrogen-bond donors (Lipinski definition) is 2. The van der Waals surface area contributed by atoms with E-state index in [0.717, 1.165) is 11.3 Å². The summed E-state index contributed by atoms with van der Waals surface area (Å²) in [5, 5.41) is 9.78. The maximum Gasteiger partial charge on any atom is 0.410 e. The molecule has 7 nitrogen and oxygen atoms in total.